The highest BCUT2D eigenvalue weighted by Crippen LogP contribution is 2.22. The zero-order valence-electron chi connectivity index (χ0n) is 10.4. The Balaban J connectivity index is 1.99. The van der Waals surface area contributed by atoms with E-state index < -0.39 is 12.0 Å². The number of urea groups is 1. The van der Waals surface area contributed by atoms with E-state index in [9.17, 15) is 9.59 Å². The van der Waals surface area contributed by atoms with Crippen molar-refractivity contribution in [1.82, 2.24) is 15.2 Å². The fraction of sp³-hybridized carbons (Fsp3) is 0.417. The molecule has 2 amide bonds. The number of hydrogen-bond acceptors (Lipinski definition) is 4. The van der Waals surface area contributed by atoms with E-state index in [1.165, 1.54) is 16.7 Å². The molecule has 1 aromatic rings. The molecule has 19 heavy (non-hydrogen) atoms. The van der Waals surface area contributed by atoms with Crippen LogP contribution in [0, 0.1) is 0 Å². The molecular formula is C12H15N3O3S. The van der Waals surface area contributed by atoms with Gasteiger partial charge in [-0.25, -0.2) is 9.59 Å². The van der Waals surface area contributed by atoms with Crippen LogP contribution in [0.5, 0.6) is 0 Å². The molecule has 2 rings (SSSR count). The number of hydrogen-bond donors (Lipinski definition) is 2. The first-order valence-electron chi connectivity index (χ1n) is 5.87. The van der Waals surface area contributed by atoms with Crippen LogP contribution in [0.2, 0.25) is 0 Å². The molecule has 7 heteroatoms. The van der Waals surface area contributed by atoms with Gasteiger partial charge in [0.1, 0.15) is 6.04 Å². The molecule has 1 aromatic heterocycles. The van der Waals surface area contributed by atoms with Crippen molar-refractivity contribution in [3.05, 3.63) is 30.1 Å². The number of aliphatic carboxylic acids is 1. The van der Waals surface area contributed by atoms with Crippen LogP contribution in [0.15, 0.2) is 24.5 Å². The van der Waals surface area contributed by atoms with Gasteiger partial charge in [-0.05, 0) is 18.6 Å². The third-order valence-electron chi connectivity index (χ3n) is 2.95. The third-order valence-corrected chi connectivity index (χ3v) is 3.96. The quantitative estimate of drug-likeness (QED) is 0.873. The van der Waals surface area contributed by atoms with Crippen molar-refractivity contribution in [2.75, 3.05) is 11.6 Å². The lowest BCUT2D eigenvalue weighted by Crippen LogP contribution is -2.47. The molecule has 0 aliphatic carbocycles. The highest BCUT2D eigenvalue weighted by molar-refractivity contribution is 7.99. The minimum absolute atomic E-state index is 0.207. The van der Waals surface area contributed by atoms with E-state index >= 15 is 0 Å². The largest absolute Gasteiger partial charge is 0.480 e. The van der Waals surface area contributed by atoms with Crippen LogP contribution in [0.4, 0.5) is 4.79 Å². The Hall–Kier alpha value is -1.76. The molecule has 1 unspecified atom stereocenters. The van der Waals surface area contributed by atoms with Crippen molar-refractivity contribution >= 4 is 23.8 Å². The standard InChI is InChI=1S/C12H15N3O3S/c1-8(9-3-2-4-13-5-9)14-12(18)15-7-19-6-10(15)11(16)17/h2-5,8,10H,6-7H2,1H3,(H,14,18)(H,16,17)/t8?,10-/m0/s1. The number of carboxylic acids is 1. The number of nitrogens with one attached hydrogen (secondary N) is 1. The Morgan fingerprint density at radius 3 is 3.05 bits per heavy atom. The second kappa shape index (κ2) is 5.92. The van der Waals surface area contributed by atoms with Gasteiger partial charge in [0, 0.05) is 18.1 Å². The van der Waals surface area contributed by atoms with Crippen molar-refractivity contribution in [3.8, 4) is 0 Å². The normalized spacial score (nSPS) is 20.1. The van der Waals surface area contributed by atoms with Crippen molar-refractivity contribution in [3.63, 3.8) is 0 Å². The summed E-state index contributed by atoms with van der Waals surface area (Å²) < 4.78 is 0. The van der Waals surface area contributed by atoms with E-state index in [4.69, 9.17) is 5.11 Å². The molecular weight excluding hydrogens is 266 g/mol. The molecule has 6 nitrogen and oxygen atoms in total. The maximum atomic E-state index is 12.1. The number of rotatable bonds is 3. The van der Waals surface area contributed by atoms with Crippen molar-refractivity contribution in [2.24, 2.45) is 0 Å². The molecule has 1 fully saturated rings. The lowest BCUT2D eigenvalue weighted by molar-refractivity contribution is -0.140. The lowest BCUT2D eigenvalue weighted by Gasteiger charge is -2.23. The topological polar surface area (TPSA) is 82.5 Å². The predicted molar refractivity (Wildman–Crippen MR) is 71.8 cm³/mol. The van der Waals surface area contributed by atoms with Gasteiger partial charge < -0.3 is 15.3 Å². The molecule has 102 valence electrons. The van der Waals surface area contributed by atoms with Gasteiger partial charge in [0.05, 0.1) is 11.9 Å². The van der Waals surface area contributed by atoms with Crippen LogP contribution in [0.1, 0.15) is 18.5 Å². The van der Waals surface area contributed by atoms with Crippen molar-refractivity contribution < 1.29 is 14.7 Å². The van der Waals surface area contributed by atoms with Crippen LogP contribution in [0.3, 0.4) is 0 Å². The molecule has 0 radical (unpaired) electrons. The maximum Gasteiger partial charge on any atom is 0.327 e. The number of thioether (sulfide) groups is 1. The molecule has 2 heterocycles. The van der Waals surface area contributed by atoms with E-state index in [1.807, 2.05) is 13.0 Å². The first-order valence-corrected chi connectivity index (χ1v) is 7.02. The highest BCUT2D eigenvalue weighted by atomic mass is 32.2. The number of nitrogens with zero attached hydrogens (tertiary/aromatic N) is 2. The molecule has 2 N–H and O–H groups in total. The Labute approximate surface area is 115 Å². The summed E-state index contributed by atoms with van der Waals surface area (Å²) in [5.41, 5.74) is 0.884. The fourth-order valence-electron chi connectivity index (χ4n) is 1.83. The number of carboxylic acid groups (broad SMARTS) is 1. The fourth-order valence-corrected chi connectivity index (χ4v) is 2.98. The average molecular weight is 281 g/mol. The molecule has 0 bridgehead atoms. The predicted octanol–water partition coefficient (Wildman–Crippen LogP) is 1.31. The van der Waals surface area contributed by atoms with Gasteiger partial charge in [-0.3, -0.25) is 4.98 Å². The van der Waals surface area contributed by atoms with E-state index in [1.54, 1.807) is 18.5 Å². The van der Waals surface area contributed by atoms with Gasteiger partial charge >= 0.3 is 12.0 Å². The van der Waals surface area contributed by atoms with Gasteiger partial charge in [0.15, 0.2) is 0 Å². The summed E-state index contributed by atoms with van der Waals surface area (Å²) in [6, 6.07) is 2.36. The molecule has 1 aliphatic heterocycles. The summed E-state index contributed by atoms with van der Waals surface area (Å²) in [4.78, 5) is 28.4. The number of amides is 2. The highest BCUT2D eigenvalue weighted by Gasteiger charge is 2.34. The summed E-state index contributed by atoms with van der Waals surface area (Å²) in [7, 11) is 0. The summed E-state index contributed by atoms with van der Waals surface area (Å²) in [5.74, 6) is -0.124. The van der Waals surface area contributed by atoms with Crippen LogP contribution in [-0.2, 0) is 4.79 Å². The third kappa shape index (κ3) is 3.17. The smallest absolute Gasteiger partial charge is 0.327 e. The lowest BCUT2D eigenvalue weighted by atomic mass is 10.1. The molecule has 0 aromatic carbocycles. The second-order valence-electron chi connectivity index (χ2n) is 4.28. The van der Waals surface area contributed by atoms with E-state index in [0.717, 1.165) is 5.56 Å². The Kier molecular flexibility index (Phi) is 4.26. The number of carbonyl (C=O) groups is 2. The minimum Gasteiger partial charge on any atom is -0.480 e. The zero-order chi connectivity index (χ0) is 13.8. The summed E-state index contributed by atoms with van der Waals surface area (Å²) in [5, 5.41) is 11.8. The molecule has 0 saturated carbocycles. The zero-order valence-corrected chi connectivity index (χ0v) is 11.3. The van der Waals surface area contributed by atoms with E-state index in [2.05, 4.69) is 10.3 Å². The van der Waals surface area contributed by atoms with Crippen molar-refractivity contribution in [2.45, 2.75) is 19.0 Å². The second-order valence-corrected chi connectivity index (χ2v) is 5.28. The Bertz CT molecular complexity index is 469. The summed E-state index contributed by atoms with van der Waals surface area (Å²) in [6.07, 6.45) is 3.34. The number of carbonyl (C=O) groups excluding carboxylic acids is 1. The summed E-state index contributed by atoms with van der Waals surface area (Å²) >= 11 is 1.44. The van der Waals surface area contributed by atoms with Gasteiger partial charge in [0.25, 0.3) is 0 Å². The Morgan fingerprint density at radius 2 is 2.42 bits per heavy atom. The van der Waals surface area contributed by atoms with Crippen LogP contribution in [0.25, 0.3) is 0 Å². The van der Waals surface area contributed by atoms with Crippen LogP contribution < -0.4 is 5.32 Å². The summed E-state index contributed by atoms with van der Waals surface area (Å²) in [6.45, 7) is 1.84. The molecule has 1 aliphatic rings. The van der Waals surface area contributed by atoms with Gasteiger partial charge in [-0.2, -0.15) is 0 Å². The molecule has 0 spiro atoms. The van der Waals surface area contributed by atoms with E-state index in [-0.39, 0.29) is 12.1 Å². The van der Waals surface area contributed by atoms with Gasteiger partial charge in [-0.1, -0.05) is 6.07 Å². The minimum atomic E-state index is -0.964. The first kappa shape index (κ1) is 13.7. The van der Waals surface area contributed by atoms with Gasteiger partial charge in [-0.15, -0.1) is 11.8 Å². The van der Waals surface area contributed by atoms with Crippen LogP contribution >= 0.6 is 11.8 Å². The SMILES string of the molecule is CC(NC(=O)N1CSC[C@H]1C(=O)O)c1cccnc1. The maximum absolute atomic E-state index is 12.1. The van der Waals surface area contributed by atoms with Gasteiger partial charge in [0.2, 0.25) is 0 Å². The van der Waals surface area contributed by atoms with Crippen molar-refractivity contribution in [1.29, 1.82) is 0 Å². The number of aromatic nitrogens is 1. The molecule has 1 saturated heterocycles. The van der Waals surface area contributed by atoms with Crippen LogP contribution in [-0.4, -0.2) is 44.7 Å². The number of pyridine rings is 1. The monoisotopic (exact) mass is 281 g/mol. The first-order chi connectivity index (χ1) is 9.09. The molecule has 2 atom stereocenters. The average Bonchev–Trinajstić information content (AvgIpc) is 2.89. The van der Waals surface area contributed by atoms with E-state index in [0.29, 0.717) is 11.6 Å². The Morgan fingerprint density at radius 1 is 1.63 bits per heavy atom.